The predicted molar refractivity (Wildman–Crippen MR) is 35.0 cm³/mol. The van der Waals surface area contributed by atoms with Crippen LogP contribution in [0, 0.1) is 5.92 Å². The first kappa shape index (κ1) is 9.10. The van der Waals surface area contributed by atoms with Crippen molar-refractivity contribution in [2.45, 2.75) is 6.92 Å². The molecule has 1 unspecified atom stereocenters. The summed E-state index contributed by atoms with van der Waals surface area (Å²) in [4.78, 5) is 9.87. The molecule has 0 aliphatic heterocycles. The van der Waals surface area contributed by atoms with E-state index >= 15 is 0 Å². The molecule has 0 aromatic heterocycles. The summed E-state index contributed by atoms with van der Waals surface area (Å²) in [7, 11) is 0. The lowest BCUT2D eigenvalue weighted by atomic mass is 10.1. The van der Waals surface area contributed by atoms with E-state index in [2.05, 4.69) is 0 Å². The van der Waals surface area contributed by atoms with E-state index in [0.717, 1.165) is 6.08 Å². The van der Waals surface area contributed by atoms with E-state index in [4.69, 9.17) is 10.8 Å². The van der Waals surface area contributed by atoms with Crippen molar-refractivity contribution >= 4 is 5.97 Å². The lowest BCUT2D eigenvalue weighted by molar-refractivity contribution is -0.134. The number of carboxylic acids is 1. The van der Waals surface area contributed by atoms with Gasteiger partial charge in [0.05, 0.1) is 0 Å². The Balaban J connectivity index is 4.02. The highest BCUT2D eigenvalue weighted by Gasteiger charge is 2.06. The molecule has 0 amide bonds. The number of hydrogen-bond donors (Lipinski definition) is 2. The summed E-state index contributed by atoms with van der Waals surface area (Å²) in [6.45, 7) is 1.89. The minimum Gasteiger partial charge on any atom is -0.476 e. The second-order valence-corrected chi connectivity index (χ2v) is 2.03. The number of nitrogens with two attached hydrogens (primary N) is 1. The first-order valence-corrected chi connectivity index (χ1v) is 2.88. The molecular weight excluding hydrogens is 137 g/mol. The Kier molecular flexibility index (Phi) is 3.64. The number of rotatable bonds is 3. The van der Waals surface area contributed by atoms with E-state index in [1.807, 2.05) is 0 Å². The van der Waals surface area contributed by atoms with Gasteiger partial charge in [0.1, 0.15) is 0 Å². The second-order valence-electron chi connectivity index (χ2n) is 2.03. The molecule has 0 aliphatic carbocycles. The van der Waals surface area contributed by atoms with Crippen molar-refractivity contribution in [2.24, 2.45) is 11.7 Å². The molecule has 0 rings (SSSR count). The zero-order chi connectivity index (χ0) is 8.15. The molecule has 0 aliphatic rings. The molecule has 0 aromatic carbocycles. The first-order valence-electron chi connectivity index (χ1n) is 2.88. The quantitative estimate of drug-likeness (QED) is 0.572. The number of aliphatic carboxylic acids is 1. The topological polar surface area (TPSA) is 63.3 Å². The highest BCUT2D eigenvalue weighted by molar-refractivity contribution is 5.83. The van der Waals surface area contributed by atoms with Gasteiger partial charge in [-0.1, -0.05) is 6.92 Å². The minimum absolute atomic E-state index is 0.226. The van der Waals surface area contributed by atoms with Crippen LogP contribution in [0.15, 0.2) is 11.9 Å². The van der Waals surface area contributed by atoms with Gasteiger partial charge in [-0.25, -0.2) is 4.79 Å². The molecule has 4 heteroatoms. The summed E-state index contributed by atoms with van der Waals surface area (Å²) in [6.07, 6.45) is 0.988. The van der Waals surface area contributed by atoms with Crippen LogP contribution < -0.4 is 5.73 Å². The monoisotopic (exact) mass is 147 g/mol. The van der Waals surface area contributed by atoms with Gasteiger partial charge < -0.3 is 10.8 Å². The third-order valence-electron chi connectivity index (χ3n) is 1.01. The van der Waals surface area contributed by atoms with Crippen molar-refractivity contribution in [1.29, 1.82) is 0 Å². The molecule has 0 saturated heterocycles. The van der Waals surface area contributed by atoms with Crippen molar-refractivity contribution in [2.75, 3.05) is 6.54 Å². The average Bonchev–Trinajstić information content (AvgIpc) is 1.87. The maximum Gasteiger partial charge on any atom is 0.364 e. The third kappa shape index (κ3) is 3.19. The molecule has 0 spiro atoms. The van der Waals surface area contributed by atoms with Crippen LogP contribution >= 0.6 is 0 Å². The van der Waals surface area contributed by atoms with Crippen molar-refractivity contribution in [3.8, 4) is 0 Å². The van der Waals surface area contributed by atoms with Crippen molar-refractivity contribution in [3.05, 3.63) is 11.9 Å². The van der Waals surface area contributed by atoms with Crippen LogP contribution in [-0.2, 0) is 4.79 Å². The molecule has 0 bridgehead atoms. The van der Waals surface area contributed by atoms with Gasteiger partial charge in [0, 0.05) is 0 Å². The van der Waals surface area contributed by atoms with Crippen LogP contribution in [0.2, 0.25) is 0 Å². The summed E-state index contributed by atoms with van der Waals surface area (Å²) in [5, 5.41) is 8.04. The number of hydrogen-bond acceptors (Lipinski definition) is 2. The van der Waals surface area contributed by atoms with Gasteiger partial charge in [0.2, 0.25) is 5.83 Å². The second kappa shape index (κ2) is 4.00. The fraction of sp³-hybridized carbons (Fsp3) is 0.500. The highest BCUT2D eigenvalue weighted by atomic mass is 19.1. The molecular formula is C6H10FNO2. The number of carbonyl (C=O) groups is 1. The van der Waals surface area contributed by atoms with Crippen LogP contribution in [0.3, 0.4) is 0 Å². The molecule has 1 atom stereocenters. The van der Waals surface area contributed by atoms with Crippen molar-refractivity contribution < 1.29 is 14.3 Å². The predicted octanol–water partition coefficient (Wildman–Crippen LogP) is 0.519. The van der Waals surface area contributed by atoms with Crippen LogP contribution in [-0.4, -0.2) is 17.6 Å². The molecule has 0 heterocycles. The van der Waals surface area contributed by atoms with Gasteiger partial charge in [-0.2, -0.15) is 4.39 Å². The van der Waals surface area contributed by atoms with E-state index in [1.54, 1.807) is 6.92 Å². The summed E-state index contributed by atoms with van der Waals surface area (Å²) in [5.41, 5.74) is 5.12. The normalized spacial score (nSPS) is 14.9. The molecule has 3 N–H and O–H groups in total. The Morgan fingerprint density at radius 3 is 2.70 bits per heavy atom. The molecule has 0 radical (unpaired) electrons. The maximum absolute atomic E-state index is 12.2. The summed E-state index contributed by atoms with van der Waals surface area (Å²) in [6, 6.07) is 0. The van der Waals surface area contributed by atoms with Gasteiger partial charge in [-0.05, 0) is 18.5 Å². The molecule has 0 fully saturated rings. The van der Waals surface area contributed by atoms with Crippen LogP contribution in [0.25, 0.3) is 0 Å². The highest BCUT2D eigenvalue weighted by Crippen LogP contribution is 2.02. The third-order valence-corrected chi connectivity index (χ3v) is 1.01. The standard InChI is InChI=1S/C6H10FNO2/c1-4(3-8)2-5(7)6(9)10/h2,4H,3,8H2,1H3,(H,9,10)/b5-2+. The molecule has 0 aromatic rings. The number of halogens is 1. The SMILES string of the molecule is CC(/C=C(/F)C(=O)O)CN. The Bertz CT molecular complexity index is 156. The zero-order valence-electron chi connectivity index (χ0n) is 5.67. The largest absolute Gasteiger partial charge is 0.476 e. The van der Waals surface area contributed by atoms with Gasteiger partial charge in [-0.15, -0.1) is 0 Å². The molecule has 58 valence electrons. The van der Waals surface area contributed by atoms with Gasteiger partial charge in [-0.3, -0.25) is 0 Å². The van der Waals surface area contributed by atoms with E-state index in [1.165, 1.54) is 0 Å². The van der Waals surface area contributed by atoms with Crippen molar-refractivity contribution in [3.63, 3.8) is 0 Å². The maximum atomic E-state index is 12.2. The Labute approximate surface area is 58.3 Å². The van der Waals surface area contributed by atoms with E-state index in [-0.39, 0.29) is 12.5 Å². The molecule has 0 saturated carbocycles. The van der Waals surface area contributed by atoms with Crippen molar-refractivity contribution in [1.82, 2.24) is 0 Å². The van der Waals surface area contributed by atoms with Gasteiger partial charge >= 0.3 is 5.97 Å². The first-order chi connectivity index (χ1) is 4.57. The zero-order valence-corrected chi connectivity index (χ0v) is 5.67. The lowest BCUT2D eigenvalue weighted by Gasteiger charge is -1.98. The fourth-order valence-corrected chi connectivity index (χ4v) is 0.389. The number of carboxylic acid groups (broad SMARTS) is 1. The fourth-order valence-electron chi connectivity index (χ4n) is 0.389. The van der Waals surface area contributed by atoms with E-state index < -0.39 is 11.8 Å². The summed E-state index contributed by atoms with van der Waals surface area (Å²) < 4.78 is 12.2. The van der Waals surface area contributed by atoms with Gasteiger partial charge in [0.15, 0.2) is 0 Å². The van der Waals surface area contributed by atoms with Gasteiger partial charge in [0.25, 0.3) is 0 Å². The Morgan fingerprint density at radius 1 is 1.90 bits per heavy atom. The summed E-state index contributed by atoms with van der Waals surface area (Å²) >= 11 is 0. The Hall–Kier alpha value is -0.900. The van der Waals surface area contributed by atoms with E-state index in [9.17, 15) is 9.18 Å². The molecule has 3 nitrogen and oxygen atoms in total. The van der Waals surface area contributed by atoms with Crippen LogP contribution in [0.5, 0.6) is 0 Å². The van der Waals surface area contributed by atoms with Crippen LogP contribution in [0.1, 0.15) is 6.92 Å². The summed E-state index contributed by atoms with van der Waals surface area (Å²) in [5.74, 6) is -2.91. The van der Waals surface area contributed by atoms with Crippen LogP contribution in [0.4, 0.5) is 4.39 Å². The smallest absolute Gasteiger partial charge is 0.364 e. The molecule has 10 heavy (non-hydrogen) atoms. The van der Waals surface area contributed by atoms with E-state index in [0.29, 0.717) is 0 Å². The minimum atomic E-state index is -1.54. The lowest BCUT2D eigenvalue weighted by Crippen LogP contribution is -2.09. The average molecular weight is 147 g/mol. The Morgan fingerprint density at radius 2 is 2.40 bits per heavy atom.